The monoisotopic (exact) mass is 632 g/mol. The van der Waals surface area contributed by atoms with Gasteiger partial charge in [0, 0.05) is 68.8 Å². The van der Waals surface area contributed by atoms with E-state index in [4.69, 9.17) is 0 Å². The summed E-state index contributed by atoms with van der Waals surface area (Å²) in [7, 11) is 0. The van der Waals surface area contributed by atoms with E-state index < -0.39 is 0 Å². The van der Waals surface area contributed by atoms with Crippen LogP contribution >= 0.6 is 22.7 Å². The molecule has 2 aliphatic heterocycles. The number of hydrogen-bond acceptors (Lipinski definition) is 4. The second-order valence-electron chi connectivity index (χ2n) is 12.5. The van der Waals surface area contributed by atoms with Crippen molar-refractivity contribution in [2.24, 2.45) is 0 Å². The summed E-state index contributed by atoms with van der Waals surface area (Å²) in [6.45, 7) is 0.130. The third-order valence-corrected chi connectivity index (χ3v) is 12.3. The third kappa shape index (κ3) is 3.50. The van der Waals surface area contributed by atoms with Gasteiger partial charge in [-0.05, 0) is 83.1 Å². The topological polar surface area (TPSA) is 6.48 Å². The summed E-state index contributed by atoms with van der Waals surface area (Å²) in [4.78, 5) is 5.04. The van der Waals surface area contributed by atoms with E-state index in [0.29, 0.717) is 0 Å². The van der Waals surface area contributed by atoms with E-state index in [1.807, 2.05) is 22.7 Å². The first-order chi connectivity index (χ1) is 23.3. The zero-order chi connectivity index (χ0) is 30.6. The van der Waals surface area contributed by atoms with E-state index in [1.54, 1.807) is 0 Å². The fourth-order valence-corrected chi connectivity index (χ4v) is 10.4. The van der Waals surface area contributed by atoms with Crippen LogP contribution in [0.5, 0.6) is 0 Å². The number of nitrogens with zero attached hydrogens (tertiary/aromatic N) is 2. The first-order valence-electron chi connectivity index (χ1n) is 16.1. The minimum Gasteiger partial charge on any atom is -0.311 e. The summed E-state index contributed by atoms with van der Waals surface area (Å²) in [5.74, 6) is 0. The van der Waals surface area contributed by atoms with Crippen molar-refractivity contribution in [2.75, 3.05) is 9.80 Å². The smallest absolute Gasteiger partial charge is 0.252 e. The molecular formula is C42H25BN2S2. The van der Waals surface area contributed by atoms with Crippen LogP contribution in [0.15, 0.2) is 152 Å². The van der Waals surface area contributed by atoms with Crippen LogP contribution in [0.25, 0.3) is 40.3 Å². The molecule has 2 aromatic heterocycles. The first-order valence-corrected chi connectivity index (χ1v) is 17.7. The molecule has 0 N–H and O–H groups in total. The van der Waals surface area contributed by atoms with Crippen LogP contribution in [0, 0.1) is 0 Å². The van der Waals surface area contributed by atoms with Crippen molar-refractivity contribution >= 4 is 120 Å². The molecule has 0 aliphatic carbocycles. The van der Waals surface area contributed by atoms with Crippen LogP contribution in [0.4, 0.5) is 34.1 Å². The Morgan fingerprint density at radius 1 is 0.383 bits per heavy atom. The van der Waals surface area contributed by atoms with Crippen molar-refractivity contribution in [2.45, 2.75) is 0 Å². The molecule has 7 aromatic carbocycles. The molecule has 2 aliphatic rings. The van der Waals surface area contributed by atoms with Crippen molar-refractivity contribution in [3.8, 4) is 0 Å². The van der Waals surface area contributed by atoms with Gasteiger partial charge in [-0.25, -0.2) is 0 Å². The molecule has 0 fully saturated rings. The van der Waals surface area contributed by atoms with Gasteiger partial charge in [0.1, 0.15) is 0 Å². The van der Waals surface area contributed by atoms with Gasteiger partial charge in [-0.2, -0.15) is 0 Å². The van der Waals surface area contributed by atoms with Crippen molar-refractivity contribution in [1.82, 2.24) is 0 Å². The zero-order valence-electron chi connectivity index (χ0n) is 25.2. The summed E-state index contributed by atoms with van der Waals surface area (Å²) < 4.78 is 5.30. The molecule has 4 heterocycles. The number of anilines is 6. The molecule has 0 atom stereocenters. The van der Waals surface area contributed by atoms with Gasteiger partial charge in [-0.15, -0.1) is 22.7 Å². The average molecular weight is 633 g/mol. The van der Waals surface area contributed by atoms with Crippen LogP contribution < -0.4 is 26.2 Å². The Labute approximate surface area is 280 Å². The minimum absolute atomic E-state index is 0.130. The van der Waals surface area contributed by atoms with E-state index >= 15 is 0 Å². The Kier molecular flexibility index (Phi) is 5.26. The van der Waals surface area contributed by atoms with Gasteiger partial charge in [-0.3, -0.25) is 0 Å². The first kappa shape index (κ1) is 25.8. The van der Waals surface area contributed by atoms with Crippen LogP contribution in [-0.2, 0) is 0 Å². The highest BCUT2D eigenvalue weighted by Gasteiger charge is 2.43. The number of para-hydroxylation sites is 2. The van der Waals surface area contributed by atoms with Crippen molar-refractivity contribution in [1.29, 1.82) is 0 Å². The number of thiophene rings is 2. The summed E-state index contributed by atoms with van der Waals surface area (Å²) >= 11 is 3.75. The number of hydrogen-bond donors (Lipinski definition) is 0. The maximum atomic E-state index is 2.54. The van der Waals surface area contributed by atoms with E-state index in [2.05, 4.69) is 161 Å². The fourth-order valence-electron chi connectivity index (χ4n) is 8.17. The highest BCUT2D eigenvalue weighted by Crippen LogP contribution is 2.48. The molecule has 0 amide bonds. The zero-order valence-corrected chi connectivity index (χ0v) is 26.9. The van der Waals surface area contributed by atoms with Crippen LogP contribution in [0.2, 0.25) is 0 Å². The average Bonchev–Trinajstić information content (AvgIpc) is 3.70. The normalized spacial score (nSPS) is 13.4. The molecule has 0 unspecified atom stereocenters. The van der Waals surface area contributed by atoms with E-state index in [9.17, 15) is 0 Å². The Bertz CT molecular complexity index is 2740. The summed E-state index contributed by atoms with van der Waals surface area (Å²) in [5, 5.41) is 5.27. The lowest BCUT2D eigenvalue weighted by Gasteiger charge is -2.44. The van der Waals surface area contributed by atoms with Gasteiger partial charge in [-0.1, -0.05) is 84.9 Å². The minimum atomic E-state index is 0.130. The van der Waals surface area contributed by atoms with Gasteiger partial charge < -0.3 is 9.80 Å². The molecule has 0 saturated heterocycles. The molecule has 2 nitrogen and oxygen atoms in total. The van der Waals surface area contributed by atoms with Gasteiger partial charge in [0.05, 0.1) is 5.69 Å². The molecule has 0 radical (unpaired) electrons. The van der Waals surface area contributed by atoms with Crippen molar-refractivity contribution in [3.63, 3.8) is 0 Å². The molecule has 0 spiro atoms. The Morgan fingerprint density at radius 3 is 1.72 bits per heavy atom. The maximum Gasteiger partial charge on any atom is 0.252 e. The predicted molar refractivity (Wildman–Crippen MR) is 206 cm³/mol. The van der Waals surface area contributed by atoms with Crippen LogP contribution in [0.3, 0.4) is 0 Å². The Balaban J connectivity index is 1.21. The van der Waals surface area contributed by atoms with Gasteiger partial charge >= 0.3 is 0 Å². The van der Waals surface area contributed by atoms with E-state index in [-0.39, 0.29) is 6.71 Å². The molecule has 218 valence electrons. The van der Waals surface area contributed by atoms with Gasteiger partial charge in [0.25, 0.3) is 6.71 Å². The molecular weight excluding hydrogens is 607 g/mol. The quantitative estimate of drug-likeness (QED) is 0.175. The van der Waals surface area contributed by atoms with E-state index in [1.165, 1.54) is 90.9 Å². The highest BCUT2D eigenvalue weighted by molar-refractivity contribution is 7.26. The molecule has 9 aromatic rings. The number of rotatable bonds is 2. The highest BCUT2D eigenvalue weighted by atomic mass is 32.1. The van der Waals surface area contributed by atoms with Gasteiger partial charge in [0.15, 0.2) is 0 Å². The Morgan fingerprint density at radius 2 is 0.915 bits per heavy atom. The lowest BCUT2D eigenvalue weighted by Crippen LogP contribution is -2.61. The maximum absolute atomic E-state index is 2.54. The lowest BCUT2D eigenvalue weighted by molar-refractivity contribution is 1.26. The molecule has 0 saturated carbocycles. The van der Waals surface area contributed by atoms with Crippen molar-refractivity contribution < 1.29 is 0 Å². The molecule has 47 heavy (non-hydrogen) atoms. The lowest BCUT2D eigenvalue weighted by atomic mass is 9.33. The van der Waals surface area contributed by atoms with Crippen LogP contribution in [-0.4, -0.2) is 6.71 Å². The van der Waals surface area contributed by atoms with E-state index in [0.717, 1.165) is 0 Å². The van der Waals surface area contributed by atoms with Crippen LogP contribution in [0.1, 0.15) is 0 Å². The fraction of sp³-hybridized carbons (Fsp3) is 0. The number of fused-ring (bicyclic) bond motifs is 10. The molecule has 5 heteroatoms. The third-order valence-electron chi connectivity index (χ3n) is 10.0. The van der Waals surface area contributed by atoms with Gasteiger partial charge in [0.2, 0.25) is 0 Å². The summed E-state index contributed by atoms with van der Waals surface area (Å²) in [6.07, 6.45) is 0. The molecule has 11 rings (SSSR count). The second kappa shape index (κ2) is 9.58. The standard InChI is InChI=1S/C42H25BN2S2/c1-7-20-37-27(11-1)29-25-26(23-24-39(29)46-37)44-32-15-5-3-13-30(32)43-31-14-4-6-16-33(31)45(36-19-9-18-35(44)42(36)43)34-17-10-22-40-41(34)28-12-2-8-21-38(28)47-40/h1-25H. The van der Waals surface area contributed by atoms with Crippen molar-refractivity contribution in [3.05, 3.63) is 152 Å². The number of benzene rings is 7. The second-order valence-corrected chi connectivity index (χ2v) is 14.6. The molecule has 0 bridgehead atoms. The predicted octanol–water partition coefficient (Wildman–Crippen LogP) is 10.5. The largest absolute Gasteiger partial charge is 0.311 e. The summed E-state index contributed by atoms with van der Waals surface area (Å²) in [6, 6.07) is 56.4. The summed E-state index contributed by atoms with van der Waals surface area (Å²) in [5.41, 5.74) is 11.4. The Hall–Kier alpha value is -5.36. The SMILES string of the molecule is c1ccc2c(c1)B1c3ccccc3N(c3cccc4sc5ccccc5c34)c3cccc(c31)N2c1ccc2sc3ccccc3c2c1.